The molecule has 0 aromatic rings. The standard InChI is InChI=1S/C22H44O5S2/c1-2-3-4-5-6-7-8-9-10-11-12-13-14-15-16-17-18-27-29(20-22(25)26)28-19-21(23)24/h29H,2-20H2,1H3,(H,23,24)(H,25,26). The summed E-state index contributed by atoms with van der Waals surface area (Å²) < 4.78 is 5.61. The molecule has 1 atom stereocenters. The summed E-state index contributed by atoms with van der Waals surface area (Å²) in [6.07, 6.45) is 21.0. The Labute approximate surface area is 184 Å². The van der Waals surface area contributed by atoms with E-state index in [0.29, 0.717) is 6.61 Å². The Kier molecular flexibility index (Phi) is 22.0. The molecule has 0 saturated carbocycles. The smallest absolute Gasteiger partial charge is 0.314 e. The van der Waals surface area contributed by atoms with Crippen molar-refractivity contribution in [2.75, 3.05) is 18.1 Å². The van der Waals surface area contributed by atoms with Gasteiger partial charge in [0.05, 0.1) is 6.61 Å². The van der Waals surface area contributed by atoms with E-state index in [1.807, 2.05) is 0 Å². The van der Waals surface area contributed by atoms with Gasteiger partial charge in [0.2, 0.25) is 0 Å². The van der Waals surface area contributed by atoms with E-state index in [2.05, 4.69) is 6.92 Å². The maximum Gasteiger partial charge on any atom is 0.314 e. The zero-order valence-electron chi connectivity index (χ0n) is 18.4. The molecule has 0 aliphatic heterocycles. The fourth-order valence-corrected chi connectivity index (χ4v) is 6.06. The monoisotopic (exact) mass is 452 g/mol. The van der Waals surface area contributed by atoms with Gasteiger partial charge in [-0.15, -0.1) is 0 Å². The molecule has 29 heavy (non-hydrogen) atoms. The number of hydrogen-bond acceptors (Lipinski definition) is 4. The van der Waals surface area contributed by atoms with Gasteiger partial charge >= 0.3 is 11.9 Å². The lowest BCUT2D eigenvalue weighted by Crippen LogP contribution is -2.07. The molecule has 2 N–H and O–H groups in total. The molecule has 0 aromatic carbocycles. The third-order valence-electron chi connectivity index (χ3n) is 4.83. The van der Waals surface area contributed by atoms with Gasteiger partial charge in [-0.3, -0.25) is 9.59 Å². The predicted molar refractivity (Wildman–Crippen MR) is 127 cm³/mol. The maximum atomic E-state index is 10.8. The molecule has 0 radical (unpaired) electrons. The zero-order chi connectivity index (χ0) is 21.6. The molecule has 0 rings (SSSR count). The second-order valence-electron chi connectivity index (χ2n) is 7.69. The molecule has 0 aliphatic carbocycles. The van der Waals surface area contributed by atoms with Crippen LogP contribution in [0.2, 0.25) is 0 Å². The summed E-state index contributed by atoms with van der Waals surface area (Å²) in [6.45, 7) is 2.80. The SMILES string of the molecule is CCCCCCCCCCCCCCCCCCO[SH](CC(=O)O)SCC(=O)O. The van der Waals surface area contributed by atoms with Crippen LogP contribution in [0.25, 0.3) is 0 Å². The van der Waals surface area contributed by atoms with Crippen LogP contribution in [0.5, 0.6) is 0 Å². The van der Waals surface area contributed by atoms with E-state index in [1.54, 1.807) is 0 Å². The van der Waals surface area contributed by atoms with E-state index in [0.717, 1.165) is 23.6 Å². The summed E-state index contributed by atoms with van der Waals surface area (Å²) in [7, 11) is -0.131. The number of hydrogen-bond donors (Lipinski definition) is 3. The van der Waals surface area contributed by atoms with Crippen molar-refractivity contribution in [2.45, 2.75) is 110 Å². The van der Waals surface area contributed by atoms with Crippen LogP contribution in [-0.4, -0.2) is 40.3 Å². The summed E-state index contributed by atoms with van der Waals surface area (Å²) in [5.74, 6) is -2.05. The summed E-state index contributed by atoms with van der Waals surface area (Å²) >= 11 is 0. The summed E-state index contributed by atoms with van der Waals surface area (Å²) in [5.41, 5.74) is 0. The molecule has 0 bridgehead atoms. The Morgan fingerprint density at radius 3 is 1.48 bits per heavy atom. The van der Waals surface area contributed by atoms with E-state index in [4.69, 9.17) is 14.4 Å². The van der Waals surface area contributed by atoms with Gasteiger partial charge < -0.3 is 14.4 Å². The quantitative estimate of drug-likeness (QED) is 0.0879. The van der Waals surface area contributed by atoms with E-state index >= 15 is 0 Å². The number of aliphatic carboxylic acids is 2. The van der Waals surface area contributed by atoms with Gasteiger partial charge in [-0.05, 0) is 6.42 Å². The molecule has 0 fully saturated rings. The molecule has 1 unspecified atom stereocenters. The second-order valence-corrected chi connectivity index (χ2v) is 11.5. The average molecular weight is 453 g/mol. The molecular weight excluding hydrogens is 408 g/mol. The number of thiol groups is 1. The molecule has 174 valence electrons. The zero-order valence-corrected chi connectivity index (χ0v) is 20.1. The first-order valence-corrected chi connectivity index (χ1v) is 14.6. The molecule has 0 amide bonds. The fourth-order valence-electron chi connectivity index (χ4n) is 3.18. The minimum Gasteiger partial charge on any atom is -0.481 e. The fraction of sp³-hybridized carbons (Fsp3) is 0.909. The molecule has 7 heteroatoms. The summed E-state index contributed by atoms with van der Waals surface area (Å²) in [5, 5.41) is 17.6. The first kappa shape index (κ1) is 28.6. The highest BCUT2D eigenvalue weighted by Crippen LogP contribution is 2.41. The number of carboxylic acids is 2. The molecule has 0 aliphatic rings. The Balaban J connectivity index is 3.35. The molecule has 0 aromatic heterocycles. The highest BCUT2D eigenvalue weighted by Gasteiger charge is 2.12. The number of carboxylic acid groups (broad SMARTS) is 2. The van der Waals surface area contributed by atoms with Gasteiger partial charge in [0, 0.05) is 0 Å². The molecule has 0 saturated heterocycles. The first-order valence-electron chi connectivity index (χ1n) is 11.5. The third-order valence-corrected chi connectivity index (χ3v) is 8.45. The topological polar surface area (TPSA) is 83.8 Å². The molecular formula is C22H44O5S2. The molecule has 0 spiro atoms. The highest BCUT2D eigenvalue weighted by molar-refractivity contribution is 8.83. The molecule has 5 nitrogen and oxygen atoms in total. The van der Waals surface area contributed by atoms with Gasteiger partial charge in [0.25, 0.3) is 0 Å². The largest absolute Gasteiger partial charge is 0.481 e. The lowest BCUT2D eigenvalue weighted by atomic mass is 10.0. The average Bonchev–Trinajstić information content (AvgIpc) is 2.67. The Bertz CT molecular complexity index is 393. The Hall–Kier alpha value is -0.400. The summed E-state index contributed by atoms with van der Waals surface area (Å²) in [6, 6.07) is 0. The van der Waals surface area contributed by atoms with Crippen LogP contribution in [0.1, 0.15) is 110 Å². The van der Waals surface area contributed by atoms with Crippen molar-refractivity contribution < 1.29 is 24.0 Å². The van der Waals surface area contributed by atoms with Crippen molar-refractivity contribution in [3.8, 4) is 0 Å². The summed E-state index contributed by atoms with van der Waals surface area (Å²) in [4.78, 5) is 21.4. The van der Waals surface area contributed by atoms with Crippen molar-refractivity contribution in [1.29, 1.82) is 0 Å². The van der Waals surface area contributed by atoms with E-state index in [1.165, 1.54) is 89.9 Å². The maximum absolute atomic E-state index is 10.8. The lowest BCUT2D eigenvalue weighted by Gasteiger charge is -2.18. The number of unbranched alkanes of at least 4 members (excludes halogenated alkanes) is 15. The number of rotatable bonds is 23. The van der Waals surface area contributed by atoms with Crippen molar-refractivity contribution in [1.82, 2.24) is 0 Å². The van der Waals surface area contributed by atoms with E-state index < -0.39 is 22.1 Å². The highest BCUT2D eigenvalue weighted by atomic mass is 33.1. The van der Waals surface area contributed by atoms with Crippen LogP contribution in [0.15, 0.2) is 0 Å². The van der Waals surface area contributed by atoms with Crippen LogP contribution in [0, 0.1) is 0 Å². The van der Waals surface area contributed by atoms with Gasteiger partial charge in [-0.1, -0.05) is 124 Å². The van der Waals surface area contributed by atoms with Crippen LogP contribution in [-0.2, 0) is 13.8 Å². The van der Waals surface area contributed by atoms with Crippen LogP contribution in [0.3, 0.4) is 0 Å². The minimum atomic E-state index is -1.24. The van der Waals surface area contributed by atoms with Gasteiger partial charge in [-0.2, -0.15) is 0 Å². The Morgan fingerprint density at radius 2 is 1.10 bits per heavy atom. The van der Waals surface area contributed by atoms with E-state index in [-0.39, 0.29) is 11.5 Å². The second kappa shape index (κ2) is 22.3. The Morgan fingerprint density at radius 1 is 0.690 bits per heavy atom. The van der Waals surface area contributed by atoms with Crippen molar-refractivity contribution in [2.24, 2.45) is 0 Å². The van der Waals surface area contributed by atoms with Crippen molar-refractivity contribution in [3.05, 3.63) is 0 Å². The van der Waals surface area contributed by atoms with Gasteiger partial charge in [0.15, 0.2) is 0 Å². The third kappa shape index (κ3) is 23.7. The van der Waals surface area contributed by atoms with Crippen molar-refractivity contribution >= 4 is 32.9 Å². The lowest BCUT2D eigenvalue weighted by molar-refractivity contribution is -0.135. The minimum absolute atomic E-state index is 0.0911. The molecule has 0 heterocycles. The van der Waals surface area contributed by atoms with Crippen LogP contribution in [0.4, 0.5) is 0 Å². The first-order chi connectivity index (χ1) is 14.1. The number of carbonyl (C=O) groups is 2. The van der Waals surface area contributed by atoms with Gasteiger partial charge in [0.1, 0.15) is 11.5 Å². The van der Waals surface area contributed by atoms with Crippen LogP contribution >= 0.6 is 21.0 Å². The van der Waals surface area contributed by atoms with E-state index in [9.17, 15) is 9.59 Å². The van der Waals surface area contributed by atoms with Gasteiger partial charge in [-0.25, -0.2) is 0 Å². The predicted octanol–water partition coefficient (Wildman–Crippen LogP) is 7.00. The van der Waals surface area contributed by atoms with Crippen molar-refractivity contribution in [3.63, 3.8) is 0 Å². The van der Waals surface area contributed by atoms with Crippen LogP contribution < -0.4 is 0 Å². The normalized spacial score (nSPS) is 12.8.